The maximum Gasteiger partial charge on any atom is 0.339 e. The lowest BCUT2D eigenvalue weighted by atomic mass is 10.1. The van der Waals surface area contributed by atoms with Gasteiger partial charge in [0.25, 0.3) is 0 Å². The van der Waals surface area contributed by atoms with E-state index in [0.29, 0.717) is 22.1 Å². The highest BCUT2D eigenvalue weighted by Crippen LogP contribution is 2.19. The minimum Gasteiger partial charge on any atom is -0.508 e. The lowest BCUT2D eigenvalue weighted by Gasteiger charge is -2.01. The third kappa shape index (κ3) is 2.88. The van der Waals surface area contributed by atoms with Crippen molar-refractivity contribution in [1.29, 1.82) is 0 Å². The first-order valence-electron chi connectivity index (χ1n) is 6.02. The molecule has 0 saturated carbocycles. The first kappa shape index (κ1) is 13.9. The number of fused-ring (bicyclic) bond motifs is 1. The predicted molar refractivity (Wildman–Crippen MR) is 73.6 cm³/mol. The van der Waals surface area contributed by atoms with E-state index in [4.69, 9.17) is 4.42 Å². The van der Waals surface area contributed by atoms with Crippen LogP contribution in [0.4, 0.5) is 0 Å². The van der Waals surface area contributed by atoms with Crippen molar-refractivity contribution in [2.75, 3.05) is 7.11 Å². The molecule has 0 aliphatic heterocycles. The summed E-state index contributed by atoms with van der Waals surface area (Å²) in [5.41, 5.74) is 0.702. The Bertz CT molecular complexity index is 740. The molecule has 1 aromatic carbocycles. The Morgan fingerprint density at radius 1 is 1.40 bits per heavy atom. The first-order valence-corrected chi connectivity index (χ1v) is 6.02. The molecule has 0 fully saturated rings. The van der Waals surface area contributed by atoms with Crippen molar-refractivity contribution in [3.63, 3.8) is 0 Å². The van der Waals surface area contributed by atoms with Crippen molar-refractivity contribution in [3.8, 4) is 5.75 Å². The Hall–Kier alpha value is -2.56. The SMILES string of the molecule is COC(=O)C(C)=CCc1cc2ccc(O)cc2oc1=O. The van der Waals surface area contributed by atoms with Gasteiger partial charge in [-0.25, -0.2) is 9.59 Å². The van der Waals surface area contributed by atoms with Gasteiger partial charge in [-0.1, -0.05) is 6.08 Å². The normalized spacial score (nSPS) is 11.6. The summed E-state index contributed by atoms with van der Waals surface area (Å²) in [6, 6.07) is 6.24. The van der Waals surface area contributed by atoms with E-state index >= 15 is 0 Å². The fourth-order valence-electron chi connectivity index (χ4n) is 1.79. The third-order valence-electron chi connectivity index (χ3n) is 2.93. The molecule has 2 aromatic rings. The molecular weight excluding hydrogens is 260 g/mol. The molecule has 5 heteroatoms. The van der Waals surface area contributed by atoms with Crippen molar-refractivity contribution >= 4 is 16.9 Å². The fourth-order valence-corrected chi connectivity index (χ4v) is 1.79. The molecule has 0 saturated heterocycles. The highest BCUT2D eigenvalue weighted by Gasteiger charge is 2.07. The number of carbonyl (C=O) groups is 1. The maximum absolute atomic E-state index is 11.8. The Balaban J connectivity index is 2.36. The van der Waals surface area contributed by atoms with Crippen LogP contribution in [0, 0.1) is 0 Å². The average molecular weight is 274 g/mol. The van der Waals surface area contributed by atoms with E-state index in [2.05, 4.69) is 4.74 Å². The Morgan fingerprint density at radius 2 is 2.15 bits per heavy atom. The van der Waals surface area contributed by atoms with Gasteiger partial charge in [-0.2, -0.15) is 0 Å². The van der Waals surface area contributed by atoms with Crippen molar-refractivity contribution in [2.24, 2.45) is 0 Å². The molecule has 2 rings (SSSR count). The molecule has 1 aromatic heterocycles. The van der Waals surface area contributed by atoms with Crippen LogP contribution in [0.25, 0.3) is 11.0 Å². The number of phenols is 1. The zero-order valence-electron chi connectivity index (χ0n) is 11.2. The highest BCUT2D eigenvalue weighted by molar-refractivity contribution is 5.87. The number of carbonyl (C=O) groups excluding carboxylic acids is 1. The summed E-state index contributed by atoms with van der Waals surface area (Å²) in [5, 5.41) is 10.0. The van der Waals surface area contributed by atoms with Crippen LogP contribution in [0.1, 0.15) is 12.5 Å². The summed E-state index contributed by atoms with van der Waals surface area (Å²) in [5.74, 6) is -0.394. The average Bonchev–Trinajstić information content (AvgIpc) is 2.43. The summed E-state index contributed by atoms with van der Waals surface area (Å²) in [6.07, 6.45) is 1.89. The van der Waals surface area contributed by atoms with E-state index < -0.39 is 11.6 Å². The second-order valence-electron chi connectivity index (χ2n) is 4.36. The molecule has 0 atom stereocenters. The fraction of sp³-hybridized carbons (Fsp3) is 0.200. The molecule has 0 radical (unpaired) electrons. The minimum absolute atomic E-state index is 0.0369. The molecule has 0 aliphatic carbocycles. The van der Waals surface area contributed by atoms with Crippen LogP contribution >= 0.6 is 0 Å². The molecule has 20 heavy (non-hydrogen) atoms. The maximum atomic E-state index is 11.8. The second-order valence-corrected chi connectivity index (χ2v) is 4.36. The smallest absolute Gasteiger partial charge is 0.339 e. The van der Waals surface area contributed by atoms with Gasteiger partial charge in [0.15, 0.2) is 0 Å². The monoisotopic (exact) mass is 274 g/mol. The molecule has 0 unspecified atom stereocenters. The summed E-state index contributed by atoms with van der Waals surface area (Å²) >= 11 is 0. The molecule has 104 valence electrons. The number of hydrogen-bond donors (Lipinski definition) is 1. The van der Waals surface area contributed by atoms with Crippen LogP contribution < -0.4 is 5.63 Å². The van der Waals surface area contributed by atoms with Crippen LogP contribution in [0.3, 0.4) is 0 Å². The van der Waals surface area contributed by atoms with Gasteiger partial charge >= 0.3 is 11.6 Å². The zero-order chi connectivity index (χ0) is 14.7. The summed E-state index contributed by atoms with van der Waals surface area (Å²) in [6.45, 7) is 1.62. The van der Waals surface area contributed by atoms with E-state index in [1.54, 1.807) is 25.1 Å². The van der Waals surface area contributed by atoms with Gasteiger partial charge in [0.2, 0.25) is 0 Å². The summed E-state index contributed by atoms with van der Waals surface area (Å²) in [4.78, 5) is 23.1. The van der Waals surface area contributed by atoms with Crippen molar-refractivity contribution in [3.05, 3.63) is 51.9 Å². The van der Waals surface area contributed by atoms with Gasteiger partial charge in [0.05, 0.1) is 7.11 Å². The van der Waals surface area contributed by atoms with Crippen molar-refractivity contribution < 1.29 is 19.1 Å². The van der Waals surface area contributed by atoms with Crippen LogP contribution in [0.15, 0.2) is 45.1 Å². The molecular formula is C15H14O5. The number of methoxy groups -OCH3 is 1. The summed E-state index contributed by atoms with van der Waals surface area (Å²) < 4.78 is 9.71. The second kappa shape index (κ2) is 5.61. The Morgan fingerprint density at radius 3 is 2.85 bits per heavy atom. The molecule has 0 bridgehead atoms. The number of allylic oxidation sites excluding steroid dienone is 1. The van der Waals surface area contributed by atoms with Gasteiger partial charge in [-0.3, -0.25) is 0 Å². The molecule has 0 amide bonds. The van der Waals surface area contributed by atoms with Gasteiger partial charge in [0, 0.05) is 22.6 Å². The zero-order valence-corrected chi connectivity index (χ0v) is 11.2. The van der Waals surface area contributed by atoms with Gasteiger partial charge in [-0.05, 0) is 31.5 Å². The number of rotatable bonds is 3. The van der Waals surface area contributed by atoms with Crippen LogP contribution in [-0.4, -0.2) is 18.2 Å². The van der Waals surface area contributed by atoms with Gasteiger partial charge < -0.3 is 14.3 Å². The van der Waals surface area contributed by atoms with Crippen LogP contribution in [0.5, 0.6) is 5.75 Å². The summed E-state index contributed by atoms with van der Waals surface area (Å²) in [7, 11) is 1.30. The number of aromatic hydroxyl groups is 1. The Labute approximate surface area is 115 Å². The number of benzene rings is 1. The highest BCUT2D eigenvalue weighted by atomic mass is 16.5. The quantitative estimate of drug-likeness (QED) is 0.527. The number of hydrogen-bond acceptors (Lipinski definition) is 5. The number of esters is 1. The van der Waals surface area contributed by atoms with E-state index in [9.17, 15) is 14.7 Å². The molecule has 1 heterocycles. The van der Waals surface area contributed by atoms with Gasteiger partial charge in [0.1, 0.15) is 11.3 Å². The first-order chi connectivity index (χ1) is 9.51. The molecule has 0 spiro atoms. The van der Waals surface area contributed by atoms with Gasteiger partial charge in [-0.15, -0.1) is 0 Å². The predicted octanol–water partition coefficient (Wildman–Crippen LogP) is 2.16. The largest absolute Gasteiger partial charge is 0.508 e. The van der Waals surface area contributed by atoms with E-state index in [-0.39, 0.29) is 12.2 Å². The lowest BCUT2D eigenvalue weighted by molar-refractivity contribution is -0.136. The van der Waals surface area contributed by atoms with Crippen LogP contribution in [-0.2, 0) is 16.0 Å². The lowest BCUT2D eigenvalue weighted by Crippen LogP contribution is -2.07. The van der Waals surface area contributed by atoms with E-state index in [1.165, 1.54) is 19.2 Å². The van der Waals surface area contributed by atoms with Crippen LogP contribution in [0.2, 0.25) is 0 Å². The third-order valence-corrected chi connectivity index (χ3v) is 2.93. The molecule has 5 nitrogen and oxygen atoms in total. The van der Waals surface area contributed by atoms with E-state index in [0.717, 1.165) is 0 Å². The van der Waals surface area contributed by atoms with E-state index in [1.807, 2.05) is 0 Å². The van der Waals surface area contributed by atoms with Crippen molar-refractivity contribution in [1.82, 2.24) is 0 Å². The topological polar surface area (TPSA) is 76.7 Å². The Kier molecular flexibility index (Phi) is 3.89. The molecule has 0 aliphatic rings. The standard InChI is InChI=1S/C15H14O5/c1-9(14(17)19-2)3-4-11-7-10-5-6-12(16)8-13(10)20-15(11)18/h3,5-8,16H,4H2,1-2H3. The number of ether oxygens (including phenoxy) is 1. The minimum atomic E-state index is -0.489. The van der Waals surface area contributed by atoms with Crippen molar-refractivity contribution in [2.45, 2.75) is 13.3 Å². The number of phenolic OH excluding ortho intramolecular Hbond substituents is 1. The molecule has 1 N–H and O–H groups in total.